The van der Waals surface area contributed by atoms with Gasteiger partial charge in [-0.15, -0.1) is 0 Å². The van der Waals surface area contributed by atoms with Crippen molar-refractivity contribution in [3.63, 3.8) is 0 Å². The van der Waals surface area contributed by atoms with Crippen LogP contribution in [-0.4, -0.2) is 58.9 Å². The van der Waals surface area contributed by atoms with Crippen LogP contribution in [0.4, 0.5) is 0 Å². The van der Waals surface area contributed by atoms with Crippen molar-refractivity contribution in [3.05, 3.63) is 0 Å². The number of amides is 1. The van der Waals surface area contributed by atoms with Gasteiger partial charge in [0, 0.05) is 35.8 Å². The number of nitrogens with zero attached hydrogens (tertiary/aromatic N) is 1. The lowest BCUT2D eigenvalue weighted by Gasteiger charge is -2.40. The number of carbonyl (C=O) groups excluding carboxylic acids is 1. The molecule has 1 saturated heterocycles. The van der Waals surface area contributed by atoms with Crippen molar-refractivity contribution < 1.29 is 4.79 Å². The van der Waals surface area contributed by atoms with Gasteiger partial charge in [-0.3, -0.25) is 15.1 Å². The zero-order chi connectivity index (χ0) is 22.0. The zero-order valence-corrected chi connectivity index (χ0v) is 20.0. The lowest BCUT2D eigenvalue weighted by atomic mass is 9.77. The Hall–Kier alpha value is -0.790. The molecule has 0 radical (unpaired) electrons. The van der Waals surface area contributed by atoms with Gasteiger partial charge < -0.3 is 16.8 Å². The number of carbonyl (C=O) groups is 1. The highest BCUT2D eigenvalue weighted by atomic mass is 32.2. The third-order valence-corrected chi connectivity index (χ3v) is 9.90. The smallest absolute Gasteiger partial charge is 0.237 e. The van der Waals surface area contributed by atoms with Crippen LogP contribution in [0.2, 0.25) is 0 Å². The molecular formula is C24H43N5OS. The van der Waals surface area contributed by atoms with Crippen molar-refractivity contribution in [3.8, 4) is 0 Å². The lowest BCUT2D eigenvalue weighted by molar-refractivity contribution is -0.127. The Morgan fingerprint density at radius 2 is 1.74 bits per heavy atom. The van der Waals surface area contributed by atoms with Gasteiger partial charge in [-0.1, -0.05) is 0 Å². The van der Waals surface area contributed by atoms with E-state index in [0.717, 1.165) is 63.2 Å². The Balaban J connectivity index is 1.43. The molecule has 0 aromatic rings. The number of likely N-dealkylation sites (tertiary alicyclic amines) is 1. The quantitative estimate of drug-likeness (QED) is 0.368. The van der Waals surface area contributed by atoms with E-state index in [1.165, 1.54) is 25.7 Å². The van der Waals surface area contributed by atoms with Crippen LogP contribution in [0, 0.1) is 23.2 Å². The van der Waals surface area contributed by atoms with Crippen LogP contribution in [0.3, 0.4) is 0 Å². The number of hydrogen-bond acceptors (Lipinski definition) is 5. The number of rotatable bonds is 6. The van der Waals surface area contributed by atoms with Crippen molar-refractivity contribution in [2.75, 3.05) is 12.8 Å². The van der Waals surface area contributed by atoms with Gasteiger partial charge in [-0.2, -0.15) is 11.8 Å². The fourth-order valence-electron chi connectivity index (χ4n) is 6.76. The van der Waals surface area contributed by atoms with Crippen LogP contribution in [0.25, 0.3) is 0 Å². The maximum Gasteiger partial charge on any atom is 0.237 e. The molecule has 3 saturated carbocycles. The van der Waals surface area contributed by atoms with Crippen molar-refractivity contribution in [1.82, 2.24) is 10.2 Å². The fourth-order valence-corrected chi connectivity index (χ4v) is 7.50. The van der Waals surface area contributed by atoms with Crippen molar-refractivity contribution in [2.24, 2.45) is 29.2 Å². The SMILES string of the molecule is CSC1CCC(CN2C(C(=O)NC3CCC(N)CC3)CC3CCC(C(=N)N)CC32)CC1. The van der Waals surface area contributed by atoms with E-state index in [1.807, 2.05) is 11.8 Å². The minimum Gasteiger partial charge on any atom is -0.387 e. The summed E-state index contributed by atoms with van der Waals surface area (Å²) in [5.74, 6) is 2.05. The molecule has 0 aromatic carbocycles. The highest BCUT2D eigenvalue weighted by Gasteiger charge is 2.48. The highest BCUT2D eigenvalue weighted by Crippen LogP contribution is 2.43. The molecular weight excluding hydrogens is 406 g/mol. The first-order chi connectivity index (χ1) is 14.9. The molecule has 3 aliphatic carbocycles. The van der Waals surface area contributed by atoms with Crippen molar-refractivity contribution >= 4 is 23.5 Å². The summed E-state index contributed by atoms with van der Waals surface area (Å²) >= 11 is 2.01. The van der Waals surface area contributed by atoms with Crippen LogP contribution in [0.1, 0.15) is 77.0 Å². The second-order valence-corrected chi connectivity index (χ2v) is 11.9. The molecule has 31 heavy (non-hydrogen) atoms. The Morgan fingerprint density at radius 1 is 1.03 bits per heavy atom. The molecule has 176 valence electrons. The van der Waals surface area contributed by atoms with E-state index in [2.05, 4.69) is 16.5 Å². The van der Waals surface area contributed by atoms with Gasteiger partial charge in [-0.05, 0) is 95.1 Å². The summed E-state index contributed by atoms with van der Waals surface area (Å²) in [6.07, 6.45) is 15.5. The van der Waals surface area contributed by atoms with Gasteiger partial charge in [-0.25, -0.2) is 0 Å². The predicted molar refractivity (Wildman–Crippen MR) is 129 cm³/mol. The van der Waals surface area contributed by atoms with E-state index in [-0.39, 0.29) is 17.9 Å². The number of hydrogen-bond donors (Lipinski definition) is 4. The van der Waals surface area contributed by atoms with Gasteiger partial charge >= 0.3 is 0 Å². The Bertz CT molecular complexity index is 629. The first-order valence-corrected chi connectivity index (χ1v) is 13.9. The average molecular weight is 450 g/mol. The van der Waals surface area contributed by atoms with Gasteiger partial charge in [0.25, 0.3) is 0 Å². The Kier molecular flexibility index (Phi) is 7.86. The second-order valence-electron chi connectivity index (χ2n) is 10.7. The molecule has 4 rings (SSSR count). The maximum absolute atomic E-state index is 13.5. The number of amidine groups is 1. The summed E-state index contributed by atoms with van der Waals surface area (Å²) in [5, 5.41) is 12.2. The van der Waals surface area contributed by atoms with Crippen LogP contribution in [0.15, 0.2) is 0 Å². The molecule has 4 atom stereocenters. The third-order valence-electron chi connectivity index (χ3n) is 8.77. The monoisotopic (exact) mass is 449 g/mol. The van der Waals surface area contributed by atoms with Crippen LogP contribution >= 0.6 is 11.8 Å². The average Bonchev–Trinajstić information content (AvgIpc) is 3.13. The molecule has 1 amide bonds. The molecule has 4 fully saturated rings. The van der Waals surface area contributed by atoms with Crippen LogP contribution in [0.5, 0.6) is 0 Å². The largest absolute Gasteiger partial charge is 0.387 e. The summed E-state index contributed by atoms with van der Waals surface area (Å²) in [6.45, 7) is 1.04. The Labute approximate surface area is 192 Å². The van der Waals surface area contributed by atoms with E-state index in [4.69, 9.17) is 16.9 Å². The molecule has 0 bridgehead atoms. The molecule has 0 spiro atoms. The molecule has 4 unspecified atom stereocenters. The molecule has 1 aliphatic heterocycles. The van der Waals surface area contributed by atoms with Crippen molar-refractivity contribution in [2.45, 2.75) is 106 Å². The van der Waals surface area contributed by atoms with E-state index >= 15 is 0 Å². The van der Waals surface area contributed by atoms with Crippen LogP contribution in [-0.2, 0) is 4.79 Å². The number of nitrogens with one attached hydrogen (secondary N) is 2. The van der Waals surface area contributed by atoms with E-state index in [9.17, 15) is 4.79 Å². The first-order valence-electron chi connectivity index (χ1n) is 12.6. The zero-order valence-electron chi connectivity index (χ0n) is 19.2. The lowest BCUT2D eigenvalue weighted by Crippen LogP contribution is -2.52. The molecule has 6 nitrogen and oxygen atoms in total. The minimum absolute atomic E-state index is 0.00502. The van der Waals surface area contributed by atoms with E-state index in [1.54, 1.807) is 0 Å². The molecule has 0 aromatic heterocycles. The summed E-state index contributed by atoms with van der Waals surface area (Å²) in [7, 11) is 0. The van der Waals surface area contributed by atoms with E-state index in [0.29, 0.717) is 35.8 Å². The van der Waals surface area contributed by atoms with E-state index < -0.39 is 0 Å². The van der Waals surface area contributed by atoms with Gasteiger partial charge in [0.05, 0.1) is 11.9 Å². The second kappa shape index (κ2) is 10.4. The Morgan fingerprint density at radius 3 is 2.39 bits per heavy atom. The van der Waals surface area contributed by atoms with Crippen molar-refractivity contribution in [1.29, 1.82) is 5.41 Å². The molecule has 4 aliphatic rings. The van der Waals surface area contributed by atoms with Gasteiger partial charge in [0.2, 0.25) is 5.91 Å². The number of thioether (sulfide) groups is 1. The summed E-state index contributed by atoms with van der Waals surface area (Å²) in [6, 6.07) is 1.00. The number of nitrogens with two attached hydrogens (primary N) is 2. The maximum atomic E-state index is 13.5. The normalized spacial score (nSPS) is 41.5. The van der Waals surface area contributed by atoms with Gasteiger partial charge in [0.1, 0.15) is 0 Å². The first kappa shape index (κ1) is 23.4. The predicted octanol–water partition coefficient (Wildman–Crippen LogP) is 3.09. The molecule has 7 heteroatoms. The molecule has 1 heterocycles. The topological polar surface area (TPSA) is 108 Å². The summed E-state index contributed by atoms with van der Waals surface area (Å²) in [4.78, 5) is 16.0. The summed E-state index contributed by atoms with van der Waals surface area (Å²) < 4.78 is 0. The fraction of sp³-hybridized carbons (Fsp3) is 0.917. The minimum atomic E-state index is -0.00502. The standard InChI is InChI=1S/C24H43N5OS/c1-31-20-10-2-15(3-11-20)14-29-21-13-17(23(26)27)5-4-16(21)12-22(29)24(30)28-19-8-6-18(25)7-9-19/h15-22H,2-14,25H2,1H3,(H3,26,27)(H,28,30). The molecule has 6 N–H and O–H groups in total. The third kappa shape index (κ3) is 5.59. The number of fused-ring (bicyclic) bond motifs is 1. The van der Waals surface area contributed by atoms with Crippen LogP contribution < -0.4 is 16.8 Å². The highest BCUT2D eigenvalue weighted by molar-refractivity contribution is 7.99. The van der Waals surface area contributed by atoms with Gasteiger partial charge in [0.15, 0.2) is 0 Å². The summed E-state index contributed by atoms with van der Waals surface area (Å²) in [5.41, 5.74) is 12.0.